The molecule has 0 radical (unpaired) electrons. The van der Waals surface area contributed by atoms with Gasteiger partial charge in [0.15, 0.2) is 11.5 Å². The van der Waals surface area contributed by atoms with Crippen LogP contribution >= 0.6 is 0 Å². The third-order valence-corrected chi connectivity index (χ3v) is 6.27. The number of hydrogen-bond acceptors (Lipinski definition) is 4. The van der Waals surface area contributed by atoms with Gasteiger partial charge in [-0.1, -0.05) is 18.9 Å². The number of hydrogen-bond donors (Lipinski definition) is 1. The van der Waals surface area contributed by atoms with Gasteiger partial charge in [-0.3, -0.25) is 9.59 Å². The molecule has 2 aliphatic heterocycles. The third-order valence-electron chi connectivity index (χ3n) is 6.27. The normalized spacial score (nSPS) is 21.9. The zero-order valence-corrected chi connectivity index (χ0v) is 15.7. The maximum Gasteiger partial charge on any atom is 0.230 e. The van der Waals surface area contributed by atoms with E-state index in [-0.39, 0.29) is 23.7 Å². The molecule has 0 aromatic heterocycles. The first-order chi connectivity index (χ1) is 13.1. The summed E-state index contributed by atoms with van der Waals surface area (Å²) in [5.41, 5.74) is 6.46. The monoisotopic (exact) mass is 372 g/mol. The Kier molecular flexibility index (Phi) is 5.23. The number of ether oxygens (including phenoxy) is 2. The van der Waals surface area contributed by atoms with Gasteiger partial charge in [-0.05, 0) is 49.3 Å². The lowest BCUT2D eigenvalue weighted by Gasteiger charge is -2.35. The van der Waals surface area contributed by atoms with Gasteiger partial charge < -0.3 is 20.1 Å². The molecule has 1 aliphatic carbocycles. The van der Waals surface area contributed by atoms with Crippen LogP contribution in [0, 0.1) is 11.8 Å². The summed E-state index contributed by atoms with van der Waals surface area (Å²) in [4.78, 5) is 26.8. The molecule has 1 aromatic carbocycles. The van der Waals surface area contributed by atoms with Crippen molar-refractivity contribution in [3.63, 3.8) is 0 Å². The number of carbonyl (C=O) groups is 2. The van der Waals surface area contributed by atoms with E-state index in [4.69, 9.17) is 15.2 Å². The van der Waals surface area contributed by atoms with Crippen LogP contribution in [0.4, 0.5) is 0 Å². The molecule has 1 unspecified atom stereocenters. The van der Waals surface area contributed by atoms with Crippen molar-refractivity contribution in [2.45, 2.75) is 44.4 Å². The second-order valence-corrected chi connectivity index (χ2v) is 7.93. The smallest absolute Gasteiger partial charge is 0.230 e. The highest BCUT2D eigenvalue weighted by atomic mass is 16.6. The van der Waals surface area contributed by atoms with E-state index in [2.05, 4.69) is 0 Å². The molecule has 1 saturated heterocycles. The van der Waals surface area contributed by atoms with Crippen molar-refractivity contribution >= 4 is 11.8 Å². The Morgan fingerprint density at radius 3 is 2.33 bits per heavy atom. The highest BCUT2D eigenvalue weighted by Crippen LogP contribution is 2.42. The molecule has 146 valence electrons. The van der Waals surface area contributed by atoms with Crippen LogP contribution < -0.4 is 15.2 Å². The number of nitrogens with zero attached hydrogens (tertiary/aromatic N) is 1. The van der Waals surface area contributed by atoms with E-state index in [9.17, 15) is 9.59 Å². The summed E-state index contributed by atoms with van der Waals surface area (Å²) in [5, 5.41) is 0. The van der Waals surface area contributed by atoms with E-state index in [1.807, 2.05) is 23.1 Å². The number of likely N-dealkylation sites (tertiary alicyclic amines) is 1. The van der Waals surface area contributed by atoms with Gasteiger partial charge in [0.25, 0.3) is 0 Å². The van der Waals surface area contributed by atoms with Crippen LogP contribution in [0.2, 0.25) is 0 Å². The second kappa shape index (κ2) is 7.79. The van der Waals surface area contributed by atoms with E-state index in [0.29, 0.717) is 45.1 Å². The van der Waals surface area contributed by atoms with E-state index in [1.54, 1.807) is 0 Å². The molecule has 1 saturated carbocycles. The van der Waals surface area contributed by atoms with Gasteiger partial charge in [0.2, 0.25) is 11.8 Å². The van der Waals surface area contributed by atoms with Crippen molar-refractivity contribution in [2.75, 3.05) is 26.3 Å². The molecular formula is C21H28N2O4. The number of nitrogens with two attached hydrogens (primary N) is 1. The Balaban J connectivity index is 1.56. The molecular weight excluding hydrogens is 344 g/mol. The maximum atomic E-state index is 13.5. The Labute approximate surface area is 160 Å². The summed E-state index contributed by atoms with van der Waals surface area (Å²) in [6.45, 7) is 2.33. The topological polar surface area (TPSA) is 81.9 Å². The number of rotatable bonds is 4. The summed E-state index contributed by atoms with van der Waals surface area (Å²) in [6.07, 6.45) is 5.87. The number of amides is 2. The first kappa shape index (κ1) is 18.1. The van der Waals surface area contributed by atoms with Crippen LogP contribution in [-0.4, -0.2) is 43.0 Å². The predicted molar refractivity (Wildman–Crippen MR) is 101 cm³/mol. The Bertz CT molecular complexity index is 706. The highest BCUT2D eigenvalue weighted by Gasteiger charge is 2.37. The first-order valence-corrected chi connectivity index (χ1v) is 10.1. The van der Waals surface area contributed by atoms with Crippen LogP contribution in [0.15, 0.2) is 18.2 Å². The fraction of sp³-hybridized carbons (Fsp3) is 0.619. The van der Waals surface area contributed by atoms with Crippen LogP contribution in [0.1, 0.15) is 50.0 Å². The fourth-order valence-electron chi connectivity index (χ4n) is 4.74. The van der Waals surface area contributed by atoms with E-state index in [0.717, 1.165) is 29.9 Å². The van der Waals surface area contributed by atoms with Gasteiger partial charge >= 0.3 is 0 Å². The van der Waals surface area contributed by atoms with Gasteiger partial charge in [-0.25, -0.2) is 0 Å². The summed E-state index contributed by atoms with van der Waals surface area (Å²) < 4.78 is 11.4. The summed E-state index contributed by atoms with van der Waals surface area (Å²) in [6, 6.07) is 5.94. The van der Waals surface area contributed by atoms with Gasteiger partial charge in [0, 0.05) is 19.0 Å². The molecule has 0 spiro atoms. The van der Waals surface area contributed by atoms with Crippen molar-refractivity contribution < 1.29 is 19.1 Å². The van der Waals surface area contributed by atoms with Gasteiger partial charge in [0.05, 0.1) is 5.92 Å². The van der Waals surface area contributed by atoms with Crippen LogP contribution in [-0.2, 0) is 9.59 Å². The zero-order valence-electron chi connectivity index (χ0n) is 15.7. The van der Waals surface area contributed by atoms with Crippen molar-refractivity contribution in [3.8, 4) is 11.5 Å². The van der Waals surface area contributed by atoms with Crippen LogP contribution in [0.3, 0.4) is 0 Å². The standard InChI is InChI=1S/C21H28N2O4/c22-20(24)15-7-9-23(10-8-15)21(25)19(14-3-1-2-4-14)16-5-6-17-18(13-16)27-12-11-26-17/h5-6,13-15,19H,1-4,7-12H2,(H2,22,24). The zero-order chi connectivity index (χ0) is 18.8. The van der Waals surface area contributed by atoms with Gasteiger partial charge in [-0.2, -0.15) is 0 Å². The number of carbonyl (C=O) groups excluding carboxylic acids is 2. The molecule has 6 heteroatoms. The number of benzene rings is 1. The fourth-order valence-corrected chi connectivity index (χ4v) is 4.74. The van der Waals surface area contributed by atoms with Crippen molar-refractivity contribution in [1.82, 2.24) is 4.90 Å². The van der Waals surface area contributed by atoms with E-state index >= 15 is 0 Å². The van der Waals surface area contributed by atoms with Crippen molar-refractivity contribution in [3.05, 3.63) is 23.8 Å². The lowest BCUT2D eigenvalue weighted by atomic mass is 9.82. The van der Waals surface area contributed by atoms with Gasteiger partial charge in [0.1, 0.15) is 13.2 Å². The molecule has 2 N–H and O–H groups in total. The number of piperidine rings is 1. The summed E-state index contributed by atoms with van der Waals surface area (Å²) in [7, 11) is 0. The van der Waals surface area contributed by atoms with Crippen LogP contribution in [0.25, 0.3) is 0 Å². The molecule has 3 aliphatic rings. The lowest BCUT2D eigenvalue weighted by molar-refractivity contribution is -0.137. The van der Waals surface area contributed by atoms with Crippen molar-refractivity contribution in [2.24, 2.45) is 17.6 Å². The van der Waals surface area contributed by atoms with E-state index < -0.39 is 0 Å². The summed E-state index contributed by atoms with van der Waals surface area (Å²) >= 11 is 0. The Morgan fingerprint density at radius 2 is 1.67 bits per heavy atom. The molecule has 4 rings (SSSR count). The third kappa shape index (κ3) is 3.75. The molecule has 1 atom stereocenters. The SMILES string of the molecule is NC(=O)C1CCN(C(=O)C(c2ccc3c(c2)OCCO3)C2CCCC2)CC1. The largest absolute Gasteiger partial charge is 0.486 e. The predicted octanol–water partition coefficient (Wildman–Crippen LogP) is 2.46. The minimum atomic E-state index is -0.249. The minimum absolute atomic E-state index is 0.103. The molecule has 2 amide bonds. The van der Waals surface area contributed by atoms with E-state index in [1.165, 1.54) is 12.8 Å². The molecule has 27 heavy (non-hydrogen) atoms. The highest BCUT2D eigenvalue weighted by molar-refractivity contribution is 5.85. The summed E-state index contributed by atoms with van der Waals surface area (Å²) in [5.74, 6) is 1.55. The first-order valence-electron chi connectivity index (χ1n) is 10.1. The maximum absolute atomic E-state index is 13.5. The minimum Gasteiger partial charge on any atom is -0.486 e. The number of primary amides is 1. The lowest BCUT2D eigenvalue weighted by Crippen LogP contribution is -2.44. The average molecular weight is 372 g/mol. The Morgan fingerprint density at radius 1 is 1.00 bits per heavy atom. The average Bonchev–Trinajstić information content (AvgIpc) is 3.22. The van der Waals surface area contributed by atoms with Gasteiger partial charge in [-0.15, -0.1) is 0 Å². The van der Waals surface area contributed by atoms with Crippen LogP contribution in [0.5, 0.6) is 11.5 Å². The molecule has 2 fully saturated rings. The molecule has 2 heterocycles. The molecule has 0 bridgehead atoms. The second-order valence-electron chi connectivity index (χ2n) is 7.93. The van der Waals surface area contributed by atoms with Crippen molar-refractivity contribution in [1.29, 1.82) is 0 Å². The number of fused-ring (bicyclic) bond motifs is 1. The molecule has 1 aromatic rings. The molecule has 6 nitrogen and oxygen atoms in total. The quantitative estimate of drug-likeness (QED) is 0.880. The Hall–Kier alpha value is -2.24.